The number of rotatable bonds is 8. The van der Waals surface area contributed by atoms with Crippen molar-refractivity contribution < 1.29 is 19.1 Å². The number of amides is 2. The van der Waals surface area contributed by atoms with Crippen molar-refractivity contribution in [3.05, 3.63) is 78.0 Å². The van der Waals surface area contributed by atoms with Crippen molar-refractivity contribution in [3.63, 3.8) is 0 Å². The summed E-state index contributed by atoms with van der Waals surface area (Å²) in [6, 6.07) is 16.7. The molecule has 2 aliphatic rings. The van der Waals surface area contributed by atoms with E-state index >= 15 is 0 Å². The number of allylic oxidation sites excluding steroid dienone is 1. The smallest absolute Gasteiger partial charge is 0.253 e. The average Bonchev–Trinajstić information content (AvgIpc) is 2.98. The largest absolute Gasteiger partial charge is 0.379 e. The lowest BCUT2D eigenvalue weighted by Crippen LogP contribution is -2.49. The van der Waals surface area contributed by atoms with Gasteiger partial charge in [-0.2, -0.15) is 0 Å². The molecule has 2 aliphatic heterocycles. The van der Waals surface area contributed by atoms with E-state index in [1.807, 2.05) is 54.6 Å². The molecule has 2 amide bonds. The van der Waals surface area contributed by atoms with Crippen molar-refractivity contribution in [2.75, 3.05) is 44.3 Å². The van der Waals surface area contributed by atoms with Gasteiger partial charge in [-0.3, -0.25) is 24.3 Å². The van der Waals surface area contributed by atoms with Crippen LogP contribution in [-0.4, -0.2) is 73.6 Å². The third kappa shape index (κ3) is 6.29. The molecule has 182 valence electrons. The molecular weight excluding hydrogens is 444 g/mol. The Balaban J connectivity index is 1.67. The molecule has 2 aromatic carbocycles. The second-order valence-corrected chi connectivity index (χ2v) is 8.59. The van der Waals surface area contributed by atoms with Gasteiger partial charge < -0.3 is 15.0 Å². The zero-order chi connectivity index (χ0) is 24.6. The SMILES string of the molecule is CC(=O)C/C=C/NC(=O)CN1C(=O)[C@@H](CN2CCOCC2)N=C(c2ccccc2)c2ccccc21. The molecule has 0 bridgehead atoms. The number of hydrogen-bond donors (Lipinski definition) is 1. The van der Waals surface area contributed by atoms with Crippen LogP contribution in [0.4, 0.5) is 5.69 Å². The molecule has 2 heterocycles. The van der Waals surface area contributed by atoms with Crippen LogP contribution in [0.15, 0.2) is 71.9 Å². The molecule has 8 nitrogen and oxygen atoms in total. The first-order valence-electron chi connectivity index (χ1n) is 11.8. The minimum absolute atomic E-state index is 0.00340. The highest BCUT2D eigenvalue weighted by atomic mass is 16.5. The Morgan fingerprint density at radius 2 is 1.80 bits per heavy atom. The molecule has 0 saturated carbocycles. The van der Waals surface area contributed by atoms with Crippen LogP contribution in [0.5, 0.6) is 0 Å². The maximum Gasteiger partial charge on any atom is 0.253 e. The van der Waals surface area contributed by atoms with Crippen LogP contribution >= 0.6 is 0 Å². The molecule has 8 heteroatoms. The fourth-order valence-electron chi connectivity index (χ4n) is 4.19. The highest BCUT2D eigenvalue weighted by molar-refractivity contribution is 6.20. The molecule has 4 rings (SSSR count). The van der Waals surface area contributed by atoms with Gasteiger partial charge in [0.2, 0.25) is 5.91 Å². The molecule has 0 radical (unpaired) electrons. The van der Waals surface area contributed by atoms with E-state index in [0.717, 1.165) is 29.9 Å². The van der Waals surface area contributed by atoms with E-state index < -0.39 is 6.04 Å². The summed E-state index contributed by atoms with van der Waals surface area (Å²) in [6.07, 6.45) is 3.28. The van der Waals surface area contributed by atoms with Crippen molar-refractivity contribution >= 4 is 29.0 Å². The first-order chi connectivity index (χ1) is 17.0. The lowest BCUT2D eigenvalue weighted by molar-refractivity contribution is -0.124. The zero-order valence-electron chi connectivity index (χ0n) is 19.9. The molecule has 1 atom stereocenters. The van der Waals surface area contributed by atoms with Gasteiger partial charge in [0.15, 0.2) is 0 Å². The van der Waals surface area contributed by atoms with Crippen molar-refractivity contribution in [2.45, 2.75) is 19.4 Å². The number of fused-ring (bicyclic) bond motifs is 1. The second-order valence-electron chi connectivity index (χ2n) is 8.59. The first-order valence-corrected chi connectivity index (χ1v) is 11.8. The number of nitrogens with zero attached hydrogens (tertiary/aromatic N) is 3. The first kappa shape index (κ1) is 24.5. The molecule has 0 spiro atoms. The van der Waals surface area contributed by atoms with E-state index in [-0.39, 0.29) is 30.6 Å². The Kier molecular flexibility index (Phi) is 8.18. The standard InChI is InChI=1S/C27H30N4O4/c1-20(32)8-7-13-28-25(33)19-31-24-12-6-5-11-22(24)26(21-9-3-2-4-10-21)29-23(27(31)34)18-30-14-16-35-17-15-30/h2-7,9-13,23H,8,14-19H2,1H3,(H,28,33)/b13-7+/t23-/m1/s1. The van der Waals surface area contributed by atoms with Crippen molar-refractivity contribution in [1.29, 1.82) is 0 Å². The summed E-state index contributed by atoms with van der Waals surface area (Å²) in [7, 11) is 0. The van der Waals surface area contributed by atoms with E-state index in [2.05, 4.69) is 10.2 Å². The molecule has 1 saturated heterocycles. The van der Waals surface area contributed by atoms with E-state index in [4.69, 9.17) is 9.73 Å². The highest BCUT2D eigenvalue weighted by Crippen LogP contribution is 2.29. The Morgan fingerprint density at radius 3 is 2.54 bits per heavy atom. The van der Waals surface area contributed by atoms with Gasteiger partial charge in [0, 0.05) is 43.4 Å². The lowest BCUT2D eigenvalue weighted by atomic mass is 10.0. The molecule has 0 unspecified atom stereocenters. The van der Waals surface area contributed by atoms with Crippen molar-refractivity contribution in [2.24, 2.45) is 4.99 Å². The van der Waals surface area contributed by atoms with E-state index in [9.17, 15) is 14.4 Å². The second kappa shape index (κ2) is 11.7. The lowest BCUT2D eigenvalue weighted by Gasteiger charge is -2.30. The van der Waals surface area contributed by atoms with Gasteiger partial charge in [0.1, 0.15) is 18.4 Å². The summed E-state index contributed by atoms with van der Waals surface area (Å²) in [5.41, 5.74) is 3.10. The number of carbonyl (C=O) groups is 3. The normalized spacial score (nSPS) is 18.7. The minimum atomic E-state index is -0.670. The van der Waals surface area contributed by atoms with Crippen molar-refractivity contribution in [1.82, 2.24) is 10.2 Å². The van der Waals surface area contributed by atoms with Gasteiger partial charge in [0.25, 0.3) is 5.91 Å². The highest BCUT2D eigenvalue weighted by Gasteiger charge is 2.34. The van der Waals surface area contributed by atoms with Crippen LogP contribution in [0, 0.1) is 0 Å². The van der Waals surface area contributed by atoms with Crippen LogP contribution in [0.1, 0.15) is 24.5 Å². The van der Waals surface area contributed by atoms with Crippen LogP contribution in [0.25, 0.3) is 0 Å². The van der Waals surface area contributed by atoms with E-state index in [1.165, 1.54) is 18.0 Å². The quantitative estimate of drug-likeness (QED) is 0.633. The number of Topliss-reactive ketones (excluding diaryl/α,β-unsaturated/α-hetero) is 1. The monoisotopic (exact) mass is 474 g/mol. The Bertz CT molecular complexity index is 1120. The third-order valence-corrected chi connectivity index (χ3v) is 5.94. The van der Waals surface area contributed by atoms with Gasteiger partial charge in [-0.05, 0) is 13.0 Å². The summed E-state index contributed by atoms with van der Waals surface area (Å²) >= 11 is 0. The molecular formula is C27H30N4O4. The Labute approximate surface area is 205 Å². The third-order valence-electron chi connectivity index (χ3n) is 5.94. The number of morpholine rings is 1. The summed E-state index contributed by atoms with van der Waals surface area (Å²) in [4.78, 5) is 46.4. The van der Waals surface area contributed by atoms with E-state index in [1.54, 1.807) is 6.08 Å². The predicted octanol–water partition coefficient (Wildman–Crippen LogP) is 2.18. The number of benzodiazepines with no additional fused rings is 1. The molecule has 2 aromatic rings. The number of hydrogen-bond acceptors (Lipinski definition) is 6. The summed E-state index contributed by atoms with van der Waals surface area (Å²) < 4.78 is 5.46. The Hall–Kier alpha value is -3.62. The van der Waals surface area contributed by atoms with Gasteiger partial charge in [-0.1, -0.05) is 54.6 Å². The fraction of sp³-hybridized carbons (Fsp3) is 0.333. The number of benzene rings is 2. The fourth-order valence-corrected chi connectivity index (χ4v) is 4.19. The van der Waals surface area contributed by atoms with Gasteiger partial charge >= 0.3 is 0 Å². The van der Waals surface area contributed by atoms with E-state index in [0.29, 0.717) is 25.4 Å². The van der Waals surface area contributed by atoms with Crippen LogP contribution in [0.2, 0.25) is 0 Å². The number of ketones is 1. The van der Waals surface area contributed by atoms with Crippen molar-refractivity contribution in [3.8, 4) is 0 Å². The van der Waals surface area contributed by atoms with Gasteiger partial charge in [-0.25, -0.2) is 0 Å². The maximum absolute atomic E-state index is 13.8. The molecule has 1 fully saturated rings. The summed E-state index contributed by atoms with van der Waals surface area (Å²) in [6.45, 7) is 4.48. The maximum atomic E-state index is 13.8. The van der Waals surface area contributed by atoms with Crippen LogP contribution in [-0.2, 0) is 19.1 Å². The van der Waals surface area contributed by atoms with Crippen LogP contribution in [0.3, 0.4) is 0 Å². The summed E-state index contributed by atoms with van der Waals surface area (Å²) in [5, 5.41) is 2.67. The zero-order valence-corrected chi connectivity index (χ0v) is 19.9. The van der Waals surface area contributed by atoms with Gasteiger partial charge in [0.05, 0.1) is 24.6 Å². The average molecular weight is 475 g/mol. The minimum Gasteiger partial charge on any atom is -0.379 e. The molecule has 35 heavy (non-hydrogen) atoms. The topological polar surface area (TPSA) is 91.3 Å². The van der Waals surface area contributed by atoms with Gasteiger partial charge in [-0.15, -0.1) is 0 Å². The number of aliphatic imine (C=N–C) groups is 1. The number of ether oxygens (including phenoxy) is 1. The molecule has 0 aliphatic carbocycles. The van der Waals surface area contributed by atoms with Crippen LogP contribution < -0.4 is 10.2 Å². The molecule has 0 aromatic heterocycles. The number of para-hydroxylation sites is 1. The number of carbonyl (C=O) groups excluding carboxylic acids is 3. The number of anilines is 1. The predicted molar refractivity (Wildman–Crippen MR) is 135 cm³/mol. The summed E-state index contributed by atoms with van der Waals surface area (Å²) in [5.74, 6) is -0.567. The number of nitrogens with one attached hydrogen (secondary N) is 1. The Morgan fingerprint density at radius 1 is 1.09 bits per heavy atom. The molecule has 1 N–H and O–H groups in total.